The molecule has 0 saturated heterocycles. The number of benzene rings is 2. The molecule has 1 aliphatic carbocycles. The molecule has 0 aromatic heterocycles. The Morgan fingerprint density at radius 3 is 2.38 bits per heavy atom. The van der Waals surface area contributed by atoms with Gasteiger partial charge in [0.05, 0.1) is 21.3 Å². The summed E-state index contributed by atoms with van der Waals surface area (Å²) in [6, 6.07) is 3.68. The van der Waals surface area contributed by atoms with Crippen molar-refractivity contribution in [1.82, 2.24) is 0 Å². The molecule has 0 amide bonds. The maximum atomic E-state index is 12.0. The molecule has 4 rings (SSSR count). The van der Waals surface area contributed by atoms with Gasteiger partial charge in [0, 0.05) is 29.5 Å². The maximum Gasteiger partial charge on any atom is 0.303 e. The summed E-state index contributed by atoms with van der Waals surface area (Å²) in [6.45, 7) is 5.51. The van der Waals surface area contributed by atoms with Crippen LogP contribution in [0.3, 0.4) is 0 Å². The van der Waals surface area contributed by atoms with Gasteiger partial charge in [-0.3, -0.25) is 4.79 Å². The minimum absolute atomic E-state index is 0.00803. The second kappa shape index (κ2) is 8.33. The predicted molar refractivity (Wildman–Crippen MR) is 116 cm³/mol. The number of phenolic OH excluding ortho intramolecular Hbond substituents is 1. The van der Waals surface area contributed by atoms with Crippen LogP contribution in [-0.4, -0.2) is 39.2 Å². The first-order valence-corrected chi connectivity index (χ1v) is 10.5. The normalized spacial score (nSPS) is 21.0. The molecule has 32 heavy (non-hydrogen) atoms. The van der Waals surface area contributed by atoms with Gasteiger partial charge in [0.25, 0.3) is 0 Å². The van der Waals surface area contributed by atoms with Crippen molar-refractivity contribution in [2.24, 2.45) is 11.8 Å². The van der Waals surface area contributed by atoms with Crippen molar-refractivity contribution in [3.8, 4) is 45.6 Å². The van der Waals surface area contributed by atoms with E-state index in [1.165, 1.54) is 21.1 Å². The van der Waals surface area contributed by atoms with E-state index in [2.05, 4.69) is 6.92 Å². The number of methoxy groups -OCH3 is 3. The van der Waals surface area contributed by atoms with Gasteiger partial charge in [-0.1, -0.05) is 13.8 Å². The number of ether oxygens (including phenoxy) is 6. The van der Waals surface area contributed by atoms with Gasteiger partial charge in [-0.25, -0.2) is 0 Å². The molecule has 0 unspecified atom stereocenters. The average Bonchev–Trinajstić information content (AvgIpc) is 3.24. The van der Waals surface area contributed by atoms with Crippen LogP contribution < -0.4 is 23.7 Å². The average molecular weight is 444 g/mol. The SMILES string of the molecule is COc1cc2c(c(OC)c1OC)-c1c(cc3c(c1O)OCO3)[C@@H](OC(C)=O)[C@H](C)[C@@H](C)C2. The summed E-state index contributed by atoms with van der Waals surface area (Å²) < 4.78 is 33.9. The summed E-state index contributed by atoms with van der Waals surface area (Å²) in [5.74, 6) is 1.57. The molecule has 1 aliphatic heterocycles. The largest absolute Gasteiger partial charge is 0.504 e. The minimum atomic E-state index is -0.608. The minimum Gasteiger partial charge on any atom is -0.504 e. The fraction of sp³-hybridized carbons (Fsp3) is 0.458. The number of phenols is 1. The number of esters is 1. The van der Waals surface area contributed by atoms with Crippen molar-refractivity contribution >= 4 is 5.97 Å². The molecule has 0 spiro atoms. The zero-order valence-corrected chi connectivity index (χ0v) is 19.1. The van der Waals surface area contributed by atoms with Gasteiger partial charge in [0.2, 0.25) is 18.3 Å². The Bertz CT molecular complexity index is 1060. The molecule has 2 aliphatic rings. The van der Waals surface area contributed by atoms with Gasteiger partial charge in [-0.15, -0.1) is 0 Å². The van der Waals surface area contributed by atoms with E-state index in [0.29, 0.717) is 46.1 Å². The highest BCUT2D eigenvalue weighted by Gasteiger charge is 2.39. The van der Waals surface area contributed by atoms with Crippen LogP contribution in [0.2, 0.25) is 0 Å². The number of fused-ring (bicyclic) bond motifs is 4. The van der Waals surface area contributed by atoms with Crippen molar-refractivity contribution in [2.75, 3.05) is 28.1 Å². The summed E-state index contributed by atoms with van der Waals surface area (Å²) in [5.41, 5.74) is 2.64. The number of hydrogen-bond donors (Lipinski definition) is 1. The Balaban J connectivity index is 2.14. The summed E-state index contributed by atoms with van der Waals surface area (Å²) in [4.78, 5) is 12.0. The van der Waals surface area contributed by atoms with Crippen LogP contribution in [0.4, 0.5) is 0 Å². The molecule has 0 fully saturated rings. The third-order valence-electron chi connectivity index (χ3n) is 6.35. The van der Waals surface area contributed by atoms with Crippen LogP contribution >= 0.6 is 0 Å². The van der Waals surface area contributed by atoms with E-state index >= 15 is 0 Å². The molecule has 172 valence electrons. The number of hydrogen-bond acceptors (Lipinski definition) is 8. The molecule has 1 heterocycles. The van der Waals surface area contributed by atoms with E-state index in [0.717, 1.165) is 5.56 Å². The molecule has 8 nitrogen and oxygen atoms in total. The topological polar surface area (TPSA) is 92.7 Å². The fourth-order valence-electron chi connectivity index (χ4n) is 4.64. The standard InChI is InChI=1S/C24H28O8/c1-11-7-14-8-16(27-4)23(28-5)24(29-6)18(14)19-15(21(12(11)2)32-13(3)25)9-17-22(20(19)26)31-10-30-17/h8-9,11-12,21,26H,7,10H2,1-6H3/t11-,12+,21-/m0/s1. The summed E-state index contributed by atoms with van der Waals surface area (Å²) in [5, 5.41) is 11.4. The van der Waals surface area contributed by atoms with Gasteiger partial charge in [-0.2, -0.15) is 0 Å². The molecule has 8 heteroatoms. The van der Waals surface area contributed by atoms with E-state index < -0.39 is 12.1 Å². The van der Waals surface area contributed by atoms with Crippen molar-refractivity contribution in [2.45, 2.75) is 33.3 Å². The Morgan fingerprint density at radius 1 is 1.03 bits per heavy atom. The first kappa shape index (κ1) is 21.9. The van der Waals surface area contributed by atoms with Gasteiger partial charge in [-0.05, 0) is 30.0 Å². The summed E-state index contributed by atoms with van der Waals surface area (Å²) in [7, 11) is 4.64. The Labute approximate surface area is 186 Å². The maximum absolute atomic E-state index is 12.0. The molecule has 3 atom stereocenters. The van der Waals surface area contributed by atoms with Gasteiger partial charge in [0.15, 0.2) is 23.0 Å². The lowest BCUT2D eigenvalue weighted by atomic mass is 9.76. The lowest BCUT2D eigenvalue weighted by Crippen LogP contribution is -2.26. The third-order valence-corrected chi connectivity index (χ3v) is 6.35. The number of aromatic hydroxyl groups is 1. The lowest BCUT2D eigenvalue weighted by Gasteiger charge is -2.34. The van der Waals surface area contributed by atoms with E-state index in [-0.39, 0.29) is 30.1 Å². The zero-order chi connectivity index (χ0) is 23.2. The lowest BCUT2D eigenvalue weighted by molar-refractivity contribution is -0.150. The van der Waals surface area contributed by atoms with Crippen molar-refractivity contribution in [3.05, 3.63) is 23.3 Å². The van der Waals surface area contributed by atoms with E-state index in [4.69, 9.17) is 28.4 Å². The second-order valence-corrected chi connectivity index (χ2v) is 8.17. The molecular weight excluding hydrogens is 416 g/mol. The third kappa shape index (κ3) is 3.34. The Hall–Kier alpha value is -3.29. The molecule has 0 saturated carbocycles. The van der Waals surface area contributed by atoms with Crippen LogP contribution in [-0.2, 0) is 16.0 Å². The number of rotatable bonds is 4. The molecule has 0 radical (unpaired) electrons. The van der Waals surface area contributed by atoms with Crippen LogP contribution in [0, 0.1) is 11.8 Å². The van der Waals surface area contributed by atoms with Crippen LogP contribution in [0.25, 0.3) is 11.1 Å². The molecule has 1 N–H and O–H groups in total. The number of carbonyl (C=O) groups is 1. The van der Waals surface area contributed by atoms with Crippen LogP contribution in [0.1, 0.15) is 38.0 Å². The smallest absolute Gasteiger partial charge is 0.303 e. The van der Waals surface area contributed by atoms with Gasteiger partial charge < -0.3 is 33.5 Å². The summed E-state index contributed by atoms with van der Waals surface area (Å²) in [6.07, 6.45) is 0.0297. The van der Waals surface area contributed by atoms with Gasteiger partial charge in [0.1, 0.15) is 6.10 Å². The summed E-state index contributed by atoms with van der Waals surface area (Å²) >= 11 is 0. The first-order valence-electron chi connectivity index (χ1n) is 10.5. The fourth-order valence-corrected chi connectivity index (χ4v) is 4.64. The Kier molecular flexibility index (Phi) is 5.71. The highest BCUT2D eigenvalue weighted by Crippen LogP contribution is 2.58. The quantitative estimate of drug-likeness (QED) is 0.700. The predicted octanol–water partition coefficient (Wildman–Crippen LogP) is 4.25. The second-order valence-electron chi connectivity index (χ2n) is 8.17. The molecule has 2 aromatic rings. The van der Waals surface area contributed by atoms with Crippen LogP contribution in [0.5, 0.6) is 34.5 Å². The monoisotopic (exact) mass is 444 g/mol. The Morgan fingerprint density at radius 2 is 1.75 bits per heavy atom. The number of carbonyl (C=O) groups excluding carboxylic acids is 1. The first-order chi connectivity index (χ1) is 15.3. The van der Waals surface area contributed by atoms with E-state index in [1.54, 1.807) is 13.2 Å². The van der Waals surface area contributed by atoms with E-state index in [1.807, 2.05) is 13.0 Å². The zero-order valence-electron chi connectivity index (χ0n) is 19.1. The highest BCUT2D eigenvalue weighted by molar-refractivity contribution is 5.88. The van der Waals surface area contributed by atoms with Crippen LogP contribution in [0.15, 0.2) is 12.1 Å². The van der Waals surface area contributed by atoms with Crippen molar-refractivity contribution in [1.29, 1.82) is 0 Å². The van der Waals surface area contributed by atoms with E-state index in [9.17, 15) is 9.90 Å². The molecule has 2 aromatic carbocycles. The van der Waals surface area contributed by atoms with Crippen molar-refractivity contribution < 1.29 is 38.3 Å². The van der Waals surface area contributed by atoms with Crippen molar-refractivity contribution in [3.63, 3.8) is 0 Å². The van der Waals surface area contributed by atoms with Gasteiger partial charge >= 0.3 is 5.97 Å². The molecule has 0 bridgehead atoms. The molecular formula is C24H28O8. The highest BCUT2D eigenvalue weighted by atomic mass is 16.7.